The van der Waals surface area contributed by atoms with E-state index in [1.54, 1.807) is 0 Å². The lowest BCUT2D eigenvalue weighted by Crippen LogP contribution is -2.25. The summed E-state index contributed by atoms with van der Waals surface area (Å²) in [4.78, 5) is 0. The Labute approximate surface area is 97.2 Å². The van der Waals surface area contributed by atoms with Gasteiger partial charge in [0.2, 0.25) is 0 Å². The highest BCUT2D eigenvalue weighted by molar-refractivity contribution is 5.59. The van der Waals surface area contributed by atoms with Gasteiger partial charge >= 0.3 is 0 Å². The molecule has 0 saturated carbocycles. The highest BCUT2D eigenvalue weighted by atomic mass is 16.5. The Morgan fingerprint density at radius 1 is 1.44 bits per heavy atom. The van der Waals surface area contributed by atoms with E-state index >= 15 is 0 Å². The van der Waals surface area contributed by atoms with Gasteiger partial charge in [-0.25, -0.2) is 0 Å². The van der Waals surface area contributed by atoms with Crippen LogP contribution in [0.3, 0.4) is 0 Å². The van der Waals surface area contributed by atoms with Gasteiger partial charge in [-0.15, -0.1) is 0 Å². The van der Waals surface area contributed by atoms with Gasteiger partial charge < -0.3 is 15.4 Å². The zero-order valence-corrected chi connectivity index (χ0v) is 10.0. The first-order valence-electron chi connectivity index (χ1n) is 5.98. The van der Waals surface area contributed by atoms with Crippen molar-refractivity contribution < 1.29 is 4.74 Å². The van der Waals surface area contributed by atoms with Crippen LogP contribution < -0.4 is 15.4 Å². The monoisotopic (exact) mass is 220 g/mol. The molecule has 2 N–H and O–H groups in total. The number of fused-ring (bicyclic) bond motifs is 1. The molecular weight excluding hydrogens is 200 g/mol. The van der Waals surface area contributed by atoms with Gasteiger partial charge in [-0.3, -0.25) is 0 Å². The maximum atomic E-state index is 5.54. The van der Waals surface area contributed by atoms with Crippen molar-refractivity contribution in [3.8, 4) is 5.75 Å². The second kappa shape index (κ2) is 5.21. The highest BCUT2D eigenvalue weighted by Crippen LogP contribution is 2.27. The van der Waals surface area contributed by atoms with Gasteiger partial charge in [0, 0.05) is 12.6 Å². The van der Waals surface area contributed by atoms with Crippen LogP contribution in [0.25, 0.3) is 0 Å². The van der Waals surface area contributed by atoms with Crippen molar-refractivity contribution in [3.05, 3.63) is 23.8 Å². The smallest absolute Gasteiger partial charge is 0.142 e. The van der Waals surface area contributed by atoms with E-state index in [2.05, 4.69) is 42.7 Å². The summed E-state index contributed by atoms with van der Waals surface area (Å²) in [7, 11) is 0. The molecule has 0 spiro atoms. The van der Waals surface area contributed by atoms with Gasteiger partial charge in [0.05, 0.1) is 5.69 Å². The maximum Gasteiger partial charge on any atom is 0.142 e. The zero-order chi connectivity index (χ0) is 11.4. The number of nitrogens with one attached hydrogen (secondary N) is 2. The van der Waals surface area contributed by atoms with E-state index in [1.165, 1.54) is 5.56 Å². The van der Waals surface area contributed by atoms with Crippen LogP contribution in [-0.4, -0.2) is 25.7 Å². The minimum atomic E-state index is 0.555. The molecule has 3 heteroatoms. The minimum Gasteiger partial charge on any atom is -0.490 e. The molecule has 1 aliphatic heterocycles. The van der Waals surface area contributed by atoms with Gasteiger partial charge in [-0.05, 0) is 30.7 Å². The number of ether oxygens (including phenoxy) is 1. The van der Waals surface area contributed by atoms with Crippen LogP contribution in [0.15, 0.2) is 18.2 Å². The summed E-state index contributed by atoms with van der Waals surface area (Å²) in [5.41, 5.74) is 2.48. The Balaban J connectivity index is 1.95. The molecule has 0 aromatic heterocycles. The predicted octanol–water partition coefficient (Wildman–Crippen LogP) is 2.03. The van der Waals surface area contributed by atoms with Crippen molar-refractivity contribution in [3.63, 3.8) is 0 Å². The zero-order valence-electron chi connectivity index (χ0n) is 10.0. The van der Waals surface area contributed by atoms with Crippen LogP contribution >= 0.6 is 0 Å². The molecule has 16 heavy (non-hydrogen) atoms. The molecule has 0 atom stereocenters. The summed E-state index contributed by atoms with van der Waals surface area (Å²) in [5.74, 6) is 0.979. The van der Waals surface area contributed by atoms with E-state index < -0.39 is 0 Å². The standard InChI is InChI=1S/C13H20N2O/c1-10(2)14-6-5-11-3-4-13-12(9-11)15-7-8-16-13/h3-4,9-10,14-15H,5-8H2,1-2H3. The van der Waals surface area contributed by atoms with Gasteiger partial charge in [0.1, 0.15) is 12.4 Å². The fourth-order valence-electron chi connectivity index (χ4n) is 1.85. The molecule has 0 bridgehead atoms. The second-order valence-corrected chi connectivity index (χ2v) is 4.46. The van der Waals surface area contributed by atoms with Crippen molar-refractivity contribution in [2.45, 2.75) is 26.3 Å². The number of rotatable bonds is 4. The first-order chi connectivity index (χ1) is 7.75. The lowest BCUT2D eigenvalue weighted by molar-refractivity contribution is 0.323. The third-order valence-corrected chi connectivity index (χ3v) is 2.69. The van der Waals surface area contributed by atoms with Crippen molar-refractivity contribution in [1.82, 2.24) is 5.32 Å². The molecule has 2 rings (SSSR count). The number of anilines is 1. The van der Waals surface area contributed by atoms with Gasteiger partial charge in [0.25, 0.3) is 0 Å². The quantitative estimate of drug-likeness (QED) is 0.814. The fraction of sp³-hybridized carbons (Fsp3) is 0.538. The topological polar surface area (TPSA) is 33.3 Å². The average molecular weight is 220 g/mol. The Morgan fingerprint density at radius 2 is 2.31 bits per heavy atom. The molecule has 1 heterocycles. The van der Waals surface area contributed by atoms with Crippen molar-refractivity contribution in [2.24, 2.45) is 0 Å². The van der Waals surface area contributed by atoms with Gasteiger partial charge in [-0.2, -0.15) is 0 Å². The average Bonchev–Trinajstić information content (AvgIpc) is 2.28. The molecule has 88 valence electrons. The Kier molecular flexibility index (Phi) is 3.67. The van der Waals surface area contributed by atoms with Gasteiger partial charge in [-0.1, -0.05) is 19.9 Å². The van der Waals surface area contributed by atoms with E-state index in [9.17, 15) is 0 Å². The molecular formula is C13H20N2O. The molecule has 0 fully saturated rings. The molecule has 0 aliphatic carbocycles. The summed E-state index contributed by atoms with van der Waals surface area (Å²) in [6, 6.07) is 6.95. The summed E-state index contributed by atoms with van der Waals surface area (Å²) >= 11 is 0. The summed E-state index contributed by atoms with van der Waals surface area (Å²) < 4.78 is 5.54. The van der Waals surface area contributed by atoms with E-state index in [4.69, 9.17) is 4.74 Å². The van der Waals surface area contributed by atoms with Crippen LogP contribution in [0.2, 0.25) is 0 Å². The molecule has 1 aliphatic rings. The first kappa shape index (κ1) is 11.3. The summed E-state index contributed by atoms with van der Waals surface area (Å²) in [6.07, 6.45) is 1.06. The number of hydrogen-bond donors (Lipinski definition) is 2. The molecule has 0 unspecified atom stereocenters. The third kappa shape index (κ3) is 2.89. The number of hydrogen-bond acceptors (Lipinski definition) is 3. The van der Waals surface area contributed by atoms with Crippen LogP contribution in [0.5, 0.6) is 5.75 Å². The lowest BCUT2D eigenvalue weighted by Gasteiger charge is -2.19. The van der Waals surface area contributed by atoms with Crippen LogP contribution in [0.4, 0.5) is 5.69 Å². The maximum absolute atomic E-state index is 5.54. The molecule has 3 nitrogen and oxygen atoms in total. The van der Waals surface area contributed by atoms with E-state index in [0.29, 0.717) is 6.04 Å². The first-order valence-corrected chi connectivity index (χ1v) is 5.98. The second-order valence-electron chi connectivity index (χ2n) is 4.46. The Bertz CT molecular complexity index is 350. The third-order valence-electron chi connectivity index (χ3n) is 2.69. The lowest BCUT2D eigenvalue weighted by atomic mass is 10.1. The Morgan fingerprint density at radius 3 is 3.12 bits per heavy atom. The SMILES string of the molecule is CC(C)NCCc1ccc2c(c1)NCCO2. The van der Waals surface area contributed by atoms with E-state index in [-0.39, 0.29) is 0 Å². The van der Waals surface area contributed by atoms with Crippen molar-refractivity contribution in [2.75, 3.05) is 25.0 Å². The molecule has 0 saturated heterocycles. The molecule has 1 aromatic carbocycles. The van der Waals surface area contributed by atoms with Crippen molar-refractivity contribution >= 4 is 5.69 Å². The number of benzene rings is 1. The van der Waals surface area contributed by atoms with E-state index in [1.807, 2.05) is 0 Å². The van der Waals surface area contributed by atoms with E-state index in [0.717, 1.165) is 37.6 Å². The van der Waals surface area contributed by atoms with Crippen LogP contribution in [0, 0.1) is 0 Å². The normalized spacial score (nSPS) is 14.2. The predicted molar refractivity (Wildman–Crippen MR) is 67.3 cm³/mol. The summed E-state index contributed by atoms with van der Waals surface area (Å²) in [5, 5.41) is 6.78. The summed E-state index contributed by atoms with van der Waals surface area (Å²) in [6.45, 7) is 7.03. The minimum absolute atomic E-state index is 0.555. The molecule has 0 amide bonds. The Hall–Kier alpha value is -1.22. The molecule has 1 aromatic rings. The fourth-order valence-corrected chi connectivity index (χ4v) is 1.85. The molecule has 0 radical (unpaired) electrons. The van der Waals surface area contributed by atoms with Crippen molar-refractivity contribution in [1.29, 1.82) is 0 Å². The largest absolute Gasteiger partial charge is 0.490 e. The van der Waals surface area contributed by atoms with Crippen LogP contribution in [-0.2, 0) is 6.42 Å². The highest BCUT2D eigenvalue weighted by Gasteiger charge is 2.09. The van der Waals surface area contributed by atoms with Crippen LogP contribution in [0.1, 0.15) is 19.4 Å². The van der Waals surface area contributed by atoms with Gasteiger partial charge in [0.15, 0.2) is 0 Å².